The predicted molar refractivity (Wildman–Crippen MR) is 140 cm³/mol. The molecule has 1 spiro atoms. The lowest BCUT2D eigenvalue weighted by atomic mass is 10.1. The lowest BCUT2D eigenvalue weighted by Gasteiger charge is -2.45. The molecule has 3 fully saturated rings. The Labute approximate surface area is 206 Å². The molecule has 1 aromatic heterocycles. The number of phenolic OH excluding ortho intramolecular Hbond substituents is 1. The van der Waals surface area contributed by atoms with Crippen molar-refractivity contribution < 1.29 is 5.11 Å². The summed E-state index contributed by atoms with van der Waals surface area (Å²) in [6, 6.07) is 18.3. The lowest BCUT2D eigenvalue weighted by molar-refractivity contribution is 0.233. The van der Waals surface area contributed by atoms with Crippen molar-refractivity contribution in [3.8, 4) is 17.0 Å². The van der Waals surface area contributed by atoms with Gasteiger partial charge in [-0.15, -0.1) is 10.2 Å². The Bertz CT molecular complexity index is 1210. The first-order chi connectivity index (χ1) is 17.1. The van der Waals surface area contributed by atoms with Gasteiger partial charge >= 0.3 is 0 Å². The smallest absolute Gasteiger partial charge is 0.169 e. The van der Waals surface area contributed by atoms with E-state index in [-0.39, 0.29) is 11.3 Å². The van der Waals surface area contributed by atoms with Crippen LogP contribution in [0.3, 0.4) is 0 Å². The highest BCUT2D eigenvalue weighted by Crippen LogP contribution is 2.48. The van der Waals surface area contributed by atoms with Gasteiger partial charge < -0.3 is 26.0 Å². The fourth-order valence-corrected chi connectivity index (χ4v) is 5.58. The van der Waals surface area contributed by atoms with E-state index in [0.717, 1.165) is 58.0 Å². The van der Waals surface area contributed by atoms with Crippen molar-refractivity contribution in [2.45, 2.75) is 24.9 Å². The Morgan fingerprint density at radius 2 is 1.77 bits per heavy atom. The molecule has 2 aromatic carbocycles. The minimum Gasteiger partial charge on any atom is -0.507 e. The molecule has 3 heterocycles. The maximum Gasteiger partial charge on any atom is 0.169 e. The van der Waals surface area contributed by atoms with Gasteiger partial charge in [0.15, 0.2) is 5.82 Å². The molecule has 2 saturated heterocycles. The first-order valence-corrected chi connectivity index (χ1v) is 12.6. The number of nitrogens with zero attached hydrogens (tertiary/aromatic N) is 5. The molecule has 1 saturated carbocycles. The fraction of sp³-hybridized carbons (Fsp3) is 0.407. The number of nitrogens with two attached hydrogens (primary N) is 1. The molecule has 3 aliphatic rings. The van der Waals surface area contributed by atoms with E-state index in [1.165, 1.54) is 24.1 Å². The topological polar surface area (TPSA) is 93.8 Å². The Balaban J connectivity index is 1.21. The monoisotopic (exact) mass is 471 g/mol. The van der Waals surface area contributed by atoms with Gasteiger partial charge in [-0.3, -0.25) is 4.90 Å². The summed E-state index contributed by atoms with van der Waals surface area (Å²) in [7, 11) is 0. The number of aromatic hydroxyl groups is 1. The van der Waals surface area contributed by atoms with Crippen molar-refractivity contribution >= 4 is 17.2 Å². The average molecular weight is 472 g/mol. The number of nitrogens with one attached hydrogen (secondary N) is 1. The van der Waals surface area contributed by atoms with Crippen molar-refractivity contribution in [3.63, 3.8) is 0 Å². The normalized spacial score (nSPS) is 19.8. The molecule has 4 N–H and O–H groups in total. The van der Waals surface area contributed by atoms with E-state index in [1.807, 2.05) is 18.2 Å². The third kappa shape index (κ3) is 4.39. The van der Waals surface area contributed by atoms with E-state index in [2.05, 4.69) is 54.5 Å². The Hall–Kier alpha value is -3.36. The molecule has 8 heteroatoms. The van der Waals surface area contributed by atoms with Gasteiger partial charge in [-0.25, -0.2) is 0 Å². The summed E-state index contributed by atoms with van der Waals surface area (Å²) in [4.78, 5) is 7.49. The van der Waals surface area contributed by atoms with Gasteiger partial charge in [-0.05, 0) is 48.7 Å². The first kappa shape index (κ1) is 22.1. The van der Waals surface area contributed by atoms with Crippen LogP contribution in [0.5, 0.6) is 5.75 Å². The number of para-hydroxylation sites is 1. The number of aromatic nitrogens is 2. The molecular weight excluding hydrogens is 438 g/mol. The van der Waals surface area contributed by atoms with E-state index in [0.29, 0.717) is 17.1 Å². The molecule has 1 aliphatic carbocycles. The number of anilines is 3. The average Bonchev–Trinajstić information content (AvgIpc) is 3.64. The van der Waals surface area contributed by atoms with Gasteiger partial charge in [0.05, 0.1) is 16.9 Å². The molecular formula is C27H33N7O. The summed E-state index contributed by atoms with van der Waals surface area (Å²) >= 11 is 0. The Morgan fingerprint density at radius 1 is 0.943 bits per heavy atom. The predicted octanol–water partition coefficient (Wildman–Crippen LogP) is 2.70. The summed E-state index contributed by atoms with van der Waals surface area (Å²) in [5.41, 5.74) is 11.4. The SMILES string of the molecule is Nc1nnc(-c2ccccc2O)cc1N1CCN(c2cccc(CN3CCNCC3)c2)C2(CC2)C1. The Morgan fingerprint density at radius 3 is 2.57 bits per heavy atom. The molecule has 6 rings (SSSR count). The number of nitrogen functional groups attached to an aromatic ring is 1. The third-order valence-corrected chi connectivity index (χ3v) is 7.64. The van der Waals surface area contributed by atoms with Crippen molar-refractivity contribution in [1.82, 2.24) is 20.4 Å². The minimum atomic E-state index is 0.136. The molecule has 35 heavy (non-hydrogen) atoms. The third-order valence-electron chi connectivity index (χ3n) is 7.64. The maximum atomic E-state index is 10.3. The highest BCUT2D eigenvalue weighted by atomic mass is 16.3. The molecule has 2 aliphatic heterocycles. The number of benzene rings is 2. The quantitative estimate of drug-likeness (QED) is 0.523. The second-order valence-electron chi connectivity index (χ2n) is 10.0. The first-order valence-electron chi connectivity index (χ1n) is 12.6. The van der Waals surface area contributed by atoms with Crippen LogP contribution in [0.15, 0.2) is 54.6 Å². The highest BCUT2D eigenvalue weighted by molar-refractivity contribution is 5.74. The van der Waals surface area contributed by atoms with Crippen LogP contribution < -0.4 is 20.9 Å². The van der Waals surface area contributed by atoms with Crippen LogP contribution in [0.1, 0.15) is 18.4 Å². The molecule has 0 radical (unpaired) electrons. The van der Waals surface area contributed by atoms with Crippen LogP contribution in [0.4, 0.5) is 17.2 Å². The van der Waals surface area contributed by atoms with Crippen LogP contribution in [-0.2, 0) is 6.54 Å². The number of piperazine rings is 2. The number of hydrogen-bond donors (Lipinski definition) is 3. The number of rotatable bonds is 5. The number of hydrogen-bond acceptors (Lipinski definition) is 8. The van der Waals surface area contributed by atoms with Gasteiger partial charge in [0.25, 0.3) is 0 Å². The van der Waals surface area contributed by atoms with E-state index in [4.69, 9.17) is 5.73 Å². The second kappa shape index (κ2) is 9.02. The van der Waals surface area contributed by atoms with Crippen molar-refractivity contribution in [1.29, 1.82) is 0 Å². The molecule has 3 aromatic rings. The highest BCUT2D eigenvalue weighted by Gasteiger charge is 2.51. The van der Waals surface area contributed by atoms with Crippen LogP contribution in [0.2, 0.25) is 0 Å². The zero-order chi connectivity index (χ0) is 23.8. The van der Waals surface area contributed by atoms with E-state index in [1.54, 1.807) is 12.1 Å². The fourth-order valence-electron chi connectivity index (χ4n) is 5.58. The van der Waals surface area contributed by atoms with Crippen LogP contribution in [0, 0.1) is 0 Å². The second-order valence-corrected chi connectivity index (χ2v) is 10.0. The van der Waals surface area contributed by atoms with E-state index < -0.39 is 0 Å². The van der Waals surface area contributed by atoms with Gasteiger partial charge in [0, 0.05) is 63.6 Å². The number of phenols is 1. The zero-order valence-corrected chi connectivity index (χ0v) is 20.0. The summed E-state index contributed by atoms with van der Waals surface area (Å²) < 4.78 is 0. The lowest BCUT2D eigenvalue weighted by Crippen LogP contribution is -2.55. The van der Waals surface area contributed by atoms with Crippen molar-refractivity contribution in [2.75, 3.05) is 61.3 Å². The molecule has 0 bridgehead atoms. The summed E-state index contributed by atoms with van der Waals surface area (Å²) in [5, 5.41) is 22.2. The van der Waals surface area contributed by atoms with Gasteiger partial charge in [-0.1, -0.05) is 24.3 Å². The molecule has 8 nitrogen and oxygen atoms in total. The maximum absolute atomic E-state index is 10.3. The standard InChI is InChI=1S/C27H33N7O/c28-26-24(17-23(30-31-26)22-6-1-2-7-25(22)35)33-14-15-34(27(19-33)8-9-27)21-5-3-4-20(16-21)18-32-12-10-29-11-13-32/h1-7,16-17,29,35H,8-15,18-19H2,(H2,28,31). The zero-order valence-electron chi connectivity index (χ0n) is 20.0. The summed E-state index contributed by atoms with van der Waals surface area (Å²) in [6.07, 6.45) is 2.35. The Kier molecular flexibility index (Phi) is 5.70. The molecule has 0 atom stereocenters. The van der Waals surface area contributed by atoms with Gasteiger partial charge in [0.1, 0.15) is 5.75 Å². The van der Waals surface area contributed by atoms with Crippen molar-refractivity contribution in [2.24, 2.45) is 0 Å². The van der Waals surface area contributed by atoms with Crippen LogP contribution >= 0.6 is 0 Å². The summed E-state index contributed by atoms with van der Waals surface area (Å²) in [6.45, 7) is 8.08. The summed E-state index contributed by atoms with van der Waals surface area (Å²) in [5.74, 6) is 0.633. The molecule has 0 amide bonds. The largest absolute Gasteiger partial charge is 0.507 e. The van der Waals surface area contributed by atoms with Crippen LogP contribution in [-0.4, -0.2) is 71.6 Å². The van der Waals surface area contributed by atoms with Gasteiger partial charge in [0.2, 0.25) is 0 Å². The van der Waals surface area contributed by atoms with E-state index >= 15 is 0 Å². The minimum absolute atomic E-state index is 0.136. The van der Waals surface area contributed by atoms with Crippen LogP contribution in [0.25, 0.3) is 11.3 Å². The van der Waals surface area contributed by atoms with Crippen molar-refractivity contribution in [3.05, 3.63) is 60.2 Å². The molecule has 0 unspecified atom stereocenters. The van der Waals surface area contributed by atoms with Gasteiger partial charge in [-0.2, -0.15) is 0 Å². The molecule has 182 valence electrons. The van der Waals surface area contributed by atoms with E-state index in [9.17, 15) is 5.11 Å².